The van der Waals surface area contributed by atoms with Crippen LogP contribution in [0.2, 0.25) is 0 Å². The number of carboxylic acids is 1. The van der Waals surface area contributed by atoms with Crippen LogP contribution in [0.1, 0.15) is 31.7 Å². The smallest absolute Gasteiger partial charge is 0.316 e. The SMILES string of the molecule is CCCCC(C(=O)O)C(=O)NCc1ccccc1. The number of rotatable bonds is 7. The Morgan fingerprint density at radius 2 is 1.94 bits per heavy atom. The maximum absolute atomic E-state index is 11.8. The molecule has 1 aromatic rings. The molecular formula is C14H19NO3. The first kappa shape index (κ1) is 14.2. The fraction of sp³-hybridized carbons (Fsp3) is 0.429. The zero-order valence-electron chi connectivity index (χ0n) is 10.6. The summed E-state index contributed by atoms with van der Waals surface area (Å²) in [6.07, 6.45) is 2.03. The number of amides is 1. The van der Waals surface area contributed by atoms with Crippen molar-refractivity contribution in [3.8, 4) is 0 Å². The molecule has 0 saturated carbocycles. The number of nitrogens with one attached hydrogen (secondary N) is 1. The van der Waals surface area contributed by atoms with Crippen LogP contribution in [0.25, 0.3) is 0 Å². The lowest BCUT2D eigenvalue weighted by molar-refractivity contribution is -0.147. The van der Waals surface area contributed by atoms with Crippen molar-refractivity contribution in [2.24, 2.45) is 5.92 Å². The summed E-state index contributed by atoms with van der Waals surface area (Å²) in [6.45, 7) is 2.34. The Balaban J connectivity index is 2.49. The molecule has 0 saturated heterocycles. The fourth-order valence-corrected chi connectivity index (χ4v) is 1.68. The minimum Gasteiger partial charge on any atom is -0.481 e. The van der Waals surface area contributed by atoms with E-state index in [0.29, 0.717) is 13.0 Å². The molecule has 2 N–H and O–H groups in total. The average molecular weight is 249 g/mol. The van der Waals surface area contributed by atoms with Crippen molar-refractivity contribution in [1.29, 1.82) is 0 Å². The number of benzene rings is 1. The molecule has 18 heavy (non-hydrogen) atoms. The second-order valence-corrected chi connectivity index (χ2v) is 4.24. The number of carbonyl (C=O) groups excluding carboxylic acids is 1. The fourth-order valence-electron chi connectivity index (χ4n) is 1.68. The van der Waals surface area contributed by atoms with Crippen molar-refractivity contribution in [3.05, 3.63) is 35.9 Å². The zero-order chi connectivity index (χ0) is 13.4. The van der Waals surface area contributed by atoms with Crippen molar-refractivity contribution >= 4 is 11.9 Å². The Kier molecular flexibility index (Phi) is 5.91. The van der Waals surface area contributed by atoms with Crippen LogP contribution in [0, 0.1) is 5.92 Å². The molecule has 0 aliphatic rings. The summed E-state index contributed by atoms with van der Waals surface area (Å²) in [5.74, 6) is -2.39. The zero-order valence-corrected chi connectivity index (χ0v) is 10.6. The molecule has 0 bridgehead atoms. The molecule has 1 rings (SSSR count). The van der Waals surface area contributed by atoms with Crippen molar-refractivity contribution in [3.63, 3.8) is 0 Å². The van der Waals surface area contributed by atoms with Crippen LogP contribution in [-0.4, -0.2) is 17.0 Å². The molecule has 0 spiro atoms. The van der Waals surface area contributed by atoms with Gasteiger partial charge in [-0.15, -0.1) is 0 Å². The Morgan fingerprint density at radius 1 is 1.28 bits per heavy atom. The Labute approximate surface area is 107 Å². The van der Waals surface area contributed by atoms with E-state index in [1.165, 1.54) is 0 Å². The summed E-state index contributed by atoms with van der Waals surface area (Å²) < 4.78 is 0. The van der Waals surface area contributed by atoms with Gasteiger partial charge in [-0.25, -0.2) is 0 Å². The number of unbranched alkanes of at least 4 members (excludes halogenated alkanes) is 1. The van der Waals surface area contributed by atoms with E-state index in [0.717, 1.165) is 18.4 Å². The highest BCUT2D eigenvalue weighted by Gasteiger charge is 2.24. The van der Waals surface area contributed by atoms with Gasteiger partial charge in [0.1, 0.15) is 5.92 Å². The van der Waals surface area contributed by atoms with Gasteiger partial charge in [0.25, 0.3) is 0 Å². The quantitative estimate of drug-likeness (QED) is 0.728. The monoisotopic (exact) mass is 249 g/mol. The molecule has 0 heterocycles. The van der Waals surface area contributed by atoms with E-state index in [-0.39, 0.29) is 0 Å². The van der Waals surface area contributed by atoms with Crippen molar-refractivity contribution in [2.75, 3.05) is 0 Å². The number of carbonyl (C=O) groups is 2. The minimum atomic E-state index is -1.05. The number of hydrogen-bond acceptors (Lipinski definition) is 2. The van der Waals surface area contributed by atoms with Crippen LogP contribution in [0.3, 0.4) is 0 Å². The highest BCUT2D eigenvalue weighted by atomic mass is 16.4. The van der Waals surface area contributed by atoms with E-state index in [9.17, 15) is 9.59 Å². The van der Waals surface area contributed by atoms with Crippen molar-refractivity contribution in [1.82, 2.24) is 5.32 Å². The Bertz CT molecular complexity index is 389. The summed E-state index contributed by atoms with van der Waals surface area (Å²) in [4.78, 5) is 22.8. The first-order valence-electron chi connectivity index (χ1n) is 6.19. The van der Waals surface area contributed by atoms with Gasteiger partial charge in [0.2, 0.25) is 5.91 Å². The molecule has 1 amide bonds. The highest BCUT2D eigenvalue weighted by Crippen LogP contribution is 2.09. The second kappa shape index (κ2) is 7.48. The van der Waals surface area contributed by atoms with Gasteiger partial charge < -0.3 is 10.4 Å². The van der Waals surface area contributed by atoms with E-state index in [4.69, 9.17) is 5.11 Å². The Hall–Kier alpha value is -1.84. The molecule has 0 aliphatic carbocycles. The van der Waals surface area contributed by atoms with Gasteiger partial charge in [0.15, 0.2) is 0 Å². The molecule has 0 aliphatic heterocycles. The van der Waals surface area contributed by atoms with Crippen LogP contribution in [0.15, 0.2) is 30.3 Å². The van der Waals surface area contributed by atoms with E-state index in [1.54, 1.807) is 0 Å². The molecule has 98 valence electrons. The topological polar surface area (TPSA) is 66.4 Å². The van der Waals surface area contributed by atoms with Gasteiger partial charge in [-0.2, -0.15) is 0 Å². The first-order chi connectivity index (χ1) is 8.65. The highest BCUT2D eigenvalue weighted by molar-refractivity contribution is 5.96. The number of aliphatic carboxylic acids is 1. The standard InChI is InChI=1S/C14H19NO3/c1-2-3-9-12(14(17)18)13(16)15-10-11-7-5-4-6-8-11/h4-8,12H,2-3,9-10H2,1H3,(H,15,16)(H,17,18). The summed E-state index contributed by atoms with van der Waals surface area (Å²) in [7, 11) is 0. The van der Waals surface area contributed by atoms with Gasteiger partial charge in [-0.1, -0.05) is 50.1 Å². The second-order valence-electron chi connectivity index (χ2n) is 4.24. The lowest BCUT2D eigenvalue weighted by Gasteiger charge is -2.12. The molecular weight excluding hydrogens is 230 g/mol. The van der Waals surface area contributed by atoms with Gasteiger partial charge in [0.05, 0.1) is 0 Å². The first-order valence-corrected chi connectivity index (χ1v) is 6.19. The predicted molar refractivity (Wildman–Crippen MR) is 68.9 cm³/mol. The van der Waals surface area contributed by atoms with E-state index >= 15 is 0 Å². The molecule has 4 nitrogen and oxygen atoms in total. The molecule has 0 fully saturated rings. The minimum absolute atomic E-state index is 0.371. The molecule has 1 atom stereocenters. The molecule has 1 aromatic carbocycles. The maximum atomic E-state index is 11.8. The van der Waals surface area contributed by atoms with E-state index in [2.05, 4.69) is 5.32 Å². The third-order valence-corrected chi connectivity index (χ3v) is 2.77. The van der Waals surface area contributed by atoms with Crippen molar-refractivity contribution in [2.45, 2.75) is 32.7 Å². The average Bonchev–Trinajstić information content (AvgIpc) is 2.37. The van der Waals surface area contributed by atoms with Crippen LogP contribution in [0.4, 0.5) is 0 Å². The van der Waals surface area contributed by atoms with Crippen LogP contribution < -0.4 is 5.32 Å². The Morgan fingerprint density at radius 3 is 2.50 bits per heavy atom. The summed E-state index contributed by atoms with van der Waals surface area (Å²) in [5, 5.41) is 11.7. The summed E-state index contributed by atoms with van der Waals surface area (Å²) in [5.41, 5.74) is 0.963. The number of carboxylic acid groups (broad SMARTS) is 1. The van der Waals surface area contributed by atoms with Crippen LogP contribution in [0.5, 0.6) is 0 Å². The van der Waals surface area contributed by atoms with Gasteiger partial charge in [-0.05, 0) is 12.0 Å². The lowest BCUT2D eigenvalue weighted by atomic mass is 10.0. The third-order valence-electron chi connectivity index (χ3n) is 2.77. The van der Waals surface area contributed by atoms with Gasteiger partial charge in [-0.3, -0.25) is 9.59 Å². The molecule has 4 heteroatoms. The summed E-state index contributed by atoms with van der Waals surface area (Å²) >= 11 is 0. The van der Waals surface area contributed by atoms with Gasteiger partial charge in [0, 0.05) is 6.54 Å². The van der Waals surface area contributed by atoms with Crippen molar-refractivity contribution < 1.29 is 14.7 Å². The largest absolute Gasteiger partial charge is 0.481 e. The van der Waals surface area contributed by atoms with E-state index in [1.807, 2.05) is 37.3 Å². The lowest BCUT2D eigenvalue weighted by Crippen LogP contribution is -2.35. The van der Waals surface area contributed by atoms with E-state index < -0.39 is 17.8 Å². The number of hydrogen-bond donors (Lipinski definition) is 2. The maximum Gasteiger partial charge on any atom is 0.316 e. The third kappa shape index (κ3) is 4.57. The predicted octanol–water partition coefficient (Wildman–Crippen LogP) is 2.19. The normalized spacial score (nSPS) is 11.8. The molecule has 1 unspecified atom stereocenters. The van der Waals surface area contributed by atoms with Crippen LogP contribution in [-0.2, 0) is 16.1 Å². The van der Waals surface area contributed by atoms with Gasteiger partial charge >= 0.3 is 5.97 Å². The molecule has 0 radical (unpaired) electrons. The summed E-state index contributed by atoms with van der Waals surface area (Å²) in [6, 6.07) is 9.44. The van der Waals surface area contributed by atoms with Crippen LogP contribution >= 0.6 is 0 Å². The molecule has 0 aromatic heterocycles.